The molecule has 4 heterocycles. The largest absolute Gasteiger partial charge is 0.504 e. The van der Waals surface area contributed by atoms with Crippen LogP contribution in [0.2, 0.25) is 5.02 Å². The third-order valence-electron chi connectivity index (χ3n) is 9.08. The van der Waals surface area contributed by atoms with Gasteiger partial charge in [0.2, 0.25) is 11.5 Å². The molecule has 4 aromatic rings. The molecule has 15 heteroatoms. The summed E-state index contributed by atoms with van der Waals surface area (Å²) in [6, 6.07) is 11.1. The Labute approximate surface area is 337 Å². The second-order valence-corrected chi connectivity index (χ2v) is 17.7. The smallest absolute Gasteiger partial charge is 0.353 e. The number of phenolic OH excluding ortho intramolecular Hbond substituents is 2. The van der Waals surface area contributed by atoms with E-state index in [9.17, 15) is 29.4 Å². The Kier molecular flexibility index (Phi) is 11.5. The number of thiazole rings is 1. The van der Waals surface area contributed by atoms with Gasteiger partial charge in [-0.15, -0.1) is 23.1 Å². The number of allylic oxidation sites excluding steroid dienone is 2. The zero-order chi connectivity index (χ0) is 40.7. The number of aryl methyl sites for hydroxylation is 1. The van der Waals surface area contributed by atoms with Gasteiger partial charge < -0.3 is 19.8 Å². The molecule has 0 aliphatic carbocycles. The molecule has 0 unspecified atom stereocenters. The maximum Gasteiger partial charge on any atom is 0.353 e. The van der Waals surface area contributed by atoms with Crippen LogP contribution in [0.3, 0.4) is 0 Å². The number of thioether (sulfide) groups is 1. The van der Waals surface area contributed by atoms with Gasteiger partial charge in [0.1, 0.15) is 11.3 Å². The van der Waals surface area contributed by atoms with Crippen molar-refractivity contribution in [3.8, 4) is 11.5 Å². The summed E-state index contributed by atoms with van der Waals surface area (Å²) in [6.45, 7) is 12.0. The van der Waals surface area contributed by atoms with Crippen molar-refractivity contribution in [3.63, 3.8) is 0 Å². The molecule has 2 aliphatic rings. The minimum absolute atomic E-state index is 0.0952. The highest BCUT2D eigenvalue weighted by Crippen LogP contribution is 2.46. The number of esters is 1. The normalized spacial score (nSPS) is 17.6. The average molecular weight is 818 g/mol. The summed E-state index contributed by atoms with van der Waals surface area (Å²) < 4.78 is 7.40. The molecule has 2 N–H and O–H groups in total. The number of aromatic hydroxyl groups is 2. The van der Waals surface area contributed by atoms with E-state index in [2.05, 4.69) is 10.1 Å². The van der Waals surface area contributed by atoms with Gasteiger partial charge in [-0.3, -0.25) is 19.3 Å². The topological polar surface area (TPSA) is 160 Å². The van der Waals surface area contributed by atoms with E-state index in [4.69, 9.17) is 21.2 Å². The SMILES string of the molecule is CC(=O)C1=C(C=Cc2ccc(C[n+]3ccc4c(Cl)c(O)c(O)cc4c3)cc2)CS[C@@H]2[C@H](CC(=O)/C(=N\OC(C)(C)C(=O)OC(C)(C)C)c3csc(C)n3)C(=O)N12. The number of ketones is 2. The van der Waals surface area contributed by atoms with Crippen molar-refractivity contribution < 1.29 is 43.5 Å². The van der Waals surface area contributed by atoms with E-state index in [1.165, 1.54) is 54.8 Å². The number of carbonyl (C=O) groups is 4. The lowest BCUT2D eigenvalue weighted by atomic mass is 9.88. The van der Waals surface area contributed by atoms with Gasteiger partial charge in [0.15, 0.2) is 47.7 Å². The van der Waals surface area contributed by atoms with Gasteiger partial charge in [-0.25, -0.2) is 14.3 Å². The van der Waals surface area contributed by atoms with E-state index in [0.29, 0.717) is 39.3 Å². The van der Waals surface area contributed by atoms with Crippen molar-refractivity contribution in [2.75, 3.05) is 5.75 Å². The van der Waals surface area contributed by atoms with E-state index in [-0.39, 0.29) is 46.0 Å². The second kappa shape index (κ2) is 15.8. The van der Waals surface area contributed by atoms with Crippen molar-refractivity contribution in [2.45, 2.75) is 78.0 Å². The number of amides is 1. The molecule has 12 nitrogen and oxygen atoms in total. The number of β-lactam (4-membered cyclic amide) rings is 1. The van der Waals surface area contributed by atoms with Gasteiger partial charge in [-0.05, 0) is 58.7 Å². The van der Waals surface area contributed by atoms with Crippen LogP contribution in [0.1, 0.15) is 69.8 Å². The second-order valence-electron chi connectivity index (χ2n) is 15.1. The van der Waals surface area contributed by atoms with E-state index < -0.39 is 34.2 Å². The molecule has 292 valence electrons. The Hall–Kier alpha value is -5.05. The number of rotatable bonds is 12. The first-order valence-corrected chi connectivity index (χ1v) is 20.1. The molecular formula is C41H42ClN4O8S2+. The van der Waals surface area contributed by atoms with E-state index in [1.807, 2.05) is 53.4 Å². The molecular weight excluding hydrogens is 776 g/mol. The van der Waals surface area contributed by atoms with Crippen molar-refractivity contribution in [3.05, 3.63) is 98.4 Å². The highest BCUT2D eigenvalue weighted by atomic mass is 35.5. The number of hydrogen-bond donors (Lipinski definition) is 2. The van der Waals surface area contributed by atoms with Crippen LogP contribution < -0.4 is 4.57 Å². The monoisotopic (exact) mass is 817 g/mol. The summed E-state index contributed by atoms with van der Waals surface area (Å²) in [5.74, 6) is -2.58. The number of carbonyl (C=O) groups excluding carboxylic acids is 4. The van der Waals surface area contributed by atoms with Crippen LogP contribution >= 0.6 is 34.7 Å². The molecule has 6 rings (SSSR count). The number of phenols is 2. The van der Waals surface area contributed by atoms with Crippen molar-refractivity contribution in [1.82, 2.24) is 9.88 Å². The molecule has 2 aromatic heterocycles. The predicted octanol–water partition coefficient (Wildman–Crippen LogP) is 6.89. The Morgan fingerprint density at radius 1 is 1.11 bits per heavy atom. The lowest BCUT2D eigenvalue weighted by Gasteiger charge is -2.49. The fourth-order valence-corrected chi connectivity index (χ4v) is 8.49. The Morgan fingerprint density at radius 2 is 1.82 bits per heavy atom. The van der Waals surface area contributed by atoms with E-state index in [1.54, 1.807) is 39.1 Å². The molecule has 0 saturated carbocycles. The molecule has 2 atom stereocenters. The summed E-state index contributed by atoms with van der Waals surface area (Å²) in [4.78, 5) is 64.7. The number of Topliss-reactive ketones (excluding diaryl/α,β-unsaturated/α-hetero) is 2. The Morgan fingerprint density at radius 3 is 2.46 bits per heavy atom. The summed E-state index contributed by atoms with van der Waals surface area (Å²) in [5.41, 5.74) is 0.847. The lowest BCUT2D eigenvalue weighted by molar-refractivity contribution is -0.687. The van der Waals surface area contributed by atoms with Gasteiger partial charge in [0, 0.05) is 41.5 Å². The lowest BCUT2D eigenvalue weighted by Crippen LogP contribution is -2.61. The first kappa shape index (κ1) is 40.6. The number of halogens is 1. The van der Waals surface area contributed by atoms with Crippen LogP contribution in [-0.4, -0.2) is 71.6 Å². The van der Waals surface area contributed by atoms with Crippen molar-refractivity contribution in [2.24, 2.45) is 11.1 Å². The number of fused-ring (bicyclic) bond motifs is 2. The Balaban J connectivity index is 1.14. The van der Waals surface area contributed by atoms with Gasteiger partial charge in [-0.2, -0.15) is 0 Å². The highest BCUT2D eigenvalue weighted by Gasteiger charge is 2.53. The van der Waals surface area contributed by atoms with Gasteiger partial charge in [0.05, 0.1) is 32.4 Å². The third kappa shape index (κ3) is 8.67. The quantitative estimate of drug-likeness (QED) is 0.0385. The molecule has 56 heavy (non-hydrogen) atoms. The fourth-order valence-electron chi connectivity index (χ4n) is 6.24. The number of oxime groups is 1. The molecule has 1 amide bonds. The van der Waals surface area contributed by atoms with Gasteiger partial charge in [-0.1, -0.05) is 53.2 Å². The predicted molar refractivity (Wildman–Crippen MR) is 215 cm³/mol. The van der Waals surface area contributed by atoms with Crippen molar-refractivity contribution >= 4 is 80.7 Å². The number of ether oxygens (including phenoxy) is 1. The molecule has 2 aliphatic heterocycles. The van der Waals surface area contributed by atoms with Crippen LogP contribution in [0.5, 0.6) is 11.5 Å². The zero-order valence-corrected chi connectivity index (χ0v) is 34.3. The van der Waals surface area contributed by atoms with Crippen LogP contribution in [0.25, 0.3) is 16.8 Å². The first-order valence-electron chi connectivity index (χ1n) is 17.8. The summed E-state index contributed by atoms with van der Waals surface area (Å²) in [6.07, 6.45) is 7.25. The Bertz CT molecular complexity index is 2340. The van der Waals surface area contributed by atoms with Crippen LogP contribution in [0.15, 0.2) is 76.7 Å². The summed E-state index contributed by atoms with van der Waals surface area (Å²) in [7, 11) is 0. The van der Waals surface area contributed by atoms with Gasteiger partial charge in [0.25, 0.3) is 0 Å². The standard InChI is InChI=1S/C41H41ClN4O8S2/c1-22(47)35-26(13-12-24-8-10-25(11-9-24)18-45-15-14-28-27(19-45)16-32(49)36(50)33(28)42)20-56-38-29(37(51)46(35)38)17-31(48)34(30-21-55-23(2)43-30)44-54-41(6,7)39(52)53-40(3,4)5/h8-16,19,21,29,38,49H,17-18,20H2,1-7H3/p+1/b13-12?,44-34-/t29-,38-/m1/s1. The van der Waals surface area contributed by atoms with E-state index >= 15 is 0 Å². The first-order chi connectivity index (χ1) is 26.3. The minimum Gasteiger partial charge on any atom is -0.504 e. The molecule has 1 saturated heterocycles. The minimum atomic E-state index is -1.51. The molecule has 2 aromatic carbocycles. The number of aromatic nitrogens is 2. The number of pyridine rings is 1. The molecule has 0 spiro atoms. The zero-order valence-electron chi connectivity index (χ0n) is 32.0. The van der Waals surface area contributed by atoms with Crippen LogP contribution in [0, 0.1) is 12.8 Å². The van der Waals surface area contributed by atoms with Crippen LogP contribution in [-0.2, 0) is 35.3 Å². The van der Waals surface area contributed by atoms with E-state index in [0.717, 1.165) is 11.1 Å². The maximum absolute atomic E-state index is 13.8. The maximum atomic E-state index is 13.8. The van der Waals surface area contributed by atoms with Gasteiger partial charge >= 0.3 is 5.97 Å². The third-order valence-corrected chi connectivity index (χ3v) is 11.6. The number of nitrogens with zero attached hydrogens (tertiary/aromatic N) is 4. The molecule has 1 fully saturated rings. The molecule has 0 bridgehead atoms. The number of benzene rings is 2. The average Bonchev–Trinajstić information content (AvgIpc) is 3.56. The van der Waals surface area contributed by atoms with Crippen LogP contribution in [0.4, 0.5) is 0 Å². The number of hydrogen-bond acceptors (Lipinski definition) is 12. The highest BCUT2D eigenvalue weighted by molar-refractivity contribution is 8.00. The van der Waals surface area contributed by atoms with Crippen molar-refractivity contribution in [1.29, 1.82) is 0 Å². The summed E-state index contributed by atoms with van der Waals surface area (Å²) >= 11 is 9.00. The molecule has 0 radical (unpaired) electrons. The summed E-state index contributed by atoms with van der Waals surface area (Å²) in [5, 5.41) is 27.4. The fraction of sp³-hybridized carbons (Fsp3) is 0.341.